The minimum absolute atomic E-state index is 0.0501. The molecular formula is C14H16N4O4. The van der Waals surface area contributed by atoms with Gasteiger partial charge in [0.05, 0.1) is 11.9 Å². The van der Waals surface area contributed by atoms with Crippen molar-refractivity contribution in [3.8, 4) is 0 Å². The smallest absolute Gasteiger partial charge is 0.359 e. The number of anilines is 1. The van der Waals surface area contributed by atoms with Crippen LogP contribution in [0.3, 0.4) is 0 Å². The Balaban J connectivity index is 2.00. The van der Waals surface area contributed by atoms with Crippen LogP contribution in [0.4, 0.5) is 5.82 Å². The van der Waals surface area contributed by atoms with Gasteiger partial charge in [0.2, 0.25) is 0 Å². The molecule has 2 aromatic rings. The number of aryl methyl sites for hydroxylation is 2. The maximum atomic E-state index is 12.1. The molecule has 2 heterocycles. The standard InChI is InChI=1S/C14H16N4O4/c1-4-11(13(19)17-12-5-9(3)22-18-12)21-14(20)10-7-15-8(2)6-16-10/h5-7,11H,4H2,1-3H3,(H,17,18,19). The van der Waals surface area contributed by atoms with Gasteiger partial charge in [-0.15, -0.1) is 0 Å². The molecule has 0 aromatic carbocycles. The van der Waals surface area contributed by atoms with E-state index in [1.807, 2.05) is 0 Å². The Morgan fingerprint density at radius 2 is 2.09 bits per heavy atom. The molecule has 2 rings (SSSR count). The molecule has 0 aliphatic rings. The molecule has 2 aromatic heterocycles. The average molecular weight is 304 g/mol. The normalized spacial score (nSPS) is 11.8. The zero-order chi connectivity index (χ0) is 16.1. The molecule has 116 valence electrons. The van der Waals surface area contributed by atoms with Crippen LogP contribution < -0.4 is 5.32 Å². The number of carbonyl (C=O) groups excluding carboxylic acids is 2. The molecule has 1 amide bonds. The number of ether oxygens (including phenoxy) is 1. The van der Waals surface area contributed by atoms with Crippen LogP contribution in [0.25, 0.3) is 0 Å². The number of hydrogen-bond donors (Lipinski definition) is 1. The van der Waals surface area contributed by atoms with Gasteiger partial charge in [0, 0.05) is 12.3 Å². The molecule has 1 N–H and O–H groups in total. The van der Waals surface area contributed by atoms with Crippen molar-refractivity contribution in [2.75, 3.05) is 5.32 Å². The van der Waals surface area contributed by atoms with Gasteiger partial charge in [-0.2, -0.15) is 0 Å². The Bertz CT molecular complexity index is 666. The third-order valence-electron chi connectivity index (χ3n) is 2.78. The molecule has 0 spiro atoms. The molecule has 22 heavy (non-hydrogen) atoms. The first-order valence-corrected chi connectivity index (χ1v) is 6.73. The van der Waals surface area contributed by atoms with Gasteiger partial charge < -0.3 is 14.6 Å². The number of hydrogen-bond acceptors (Lipinski definition) is 7. The van der Waals surface area contributed by atoms with E-state index < -0.39 is 18.0 Å². The van der Waals surface area contributed by atoms with Crippen molar-refractivity contribution >= 4 is 17.7 Å². The summed E-state index contributed by atoms with van der Waals surface area (Å²) in [6.45, 7) is 5.19. The fourth-order valence-corrected chi connectivity index (χ4v) is 1.64. The van der Waals surface area contributed by atoms with Gasteiger partial charge in [-0.05, 0) is 20.3 Å². The lowest BCUT2D eigenvalue weighted by Gasteiger charge is -2.14. The van der Waals surface area contributed by atoms with E-state index in [2.05, 4.69) is 20.4 Å². The maximum Gasteiger partial charge on any atom is 0.359 e. The van der Waals surface area contributed by atoms with E-state index in [-0.39, 0.29) is 11.5 Å². The second-order valence-corrected chi connectivity index (χ2v) is 4.66. The van der Waals surface area contributed by atoms with Crippen LogP contribution in [0.5, 0.6) is 0 Å². The van der Waals surface area contributed by atoms with Crippen molar-refractivity contribution in [2.45, 2.75) is 33.3 Å². The Morgan fingerprint density at radius 1 is 1.32 bits per heavy atom. The summed E-state index contributed by atoms with van der Waals surface area (Å²) in [5.41, 5.74) is 0.733. The summed E-state index contributed by atoms with van der Waals surface area (Å²) in [5, 5.41) is 6.17. The summed E-state index contributed by atoms with van der Waals surface area (Å²) in [6, 6.07) is 1.57. The molecule has 8 nitrogen and oxygen atoms in total. The number of amides is 1. The van der Waals surface area contributed by atoms with Crippen LogP contribution in [-0.4, -0.2) is 33.1 Å². The predicted molar refractivity (Wildman–Crippen MR) is 76.1 cm³/mol. The number of rotatable bonds is 5. The molecule has 0 saturated carbocycles. The van der Waals surface area contributed by atoms with Crippen LogP contribution >= 0.6 is 0 Å². The molecular weight excluding hydrogens is 288 g/mol. The van der Waals surface area contributed by atoms with Crippen LogP contribution in [0.1, 0.15) is 35.3 Å². The molecule has 0 bridgehead atoms. The van der Waals surface area contributed by atoms with Crippen LogP contribution in [0, 0.1) is 13.8 Å². The minimum atomic E-state index is -0.951. The molecule has 0 aliphatic carbocycles. The van der Waals surface area contributed by atoms with E-state index in [0.29, 0.717) is 17.9 Å². The summed E-state index contributed by atoms with van der Waals surface area (Å²) >= 11 is 0. The SMILES string of the molecule is CCC(OC(=O)c1cnc(C)cn1)C(=O)Nc1cc(C)on1. The second-order valence-electron chi connectivity index (χ2n) is 4.66. The van der Waals surface area contributed by atoms with Gasteiger partial charge in [-0.3, -0.25) is 9.78 Å². The highest BCUT2D eigenvalue weighted by Crippen LogP contribution is 2.10. The first kappa shape index (κ1) is 15.6. The third kappa shape index (κ3) is 3.87. The fourth-order valence-electron chi connectivity index (χ4n) is 1.64. The summed E-state index contributed by atoms with van der Waals surface area (Å²) in [7, 11) is 0. The summed E-state index contributed by atoms with van der Waals surface area (Å²) in [5.74, 6) is -0.350. The number of carbonyl (C=O) groups is 2. The highest BCUT2D eigenvalue weighted by molar-refractivity contribution is 5.96. The quantitative estimate of drug-likeness (QED) is 0.837. The van der Waals surface area contributed by atoms with Gasteiger partial charge in [0.25, 0.3) is 5.91 Å². The average Bonchev–Trinajstić information content (AvgIpc) is 2.90. The van der Waals surface area contributed by atoms with Gasteiger partial charge in [0.1, 0.15) is 5.76 Å². The Morgan fingerprint density at radius 3 is 2.64 bits per heavy atom. The van der Waals surface area contributed by atoms with Crippen LogP contribution in [-0.2, 0) is 9.53 Å². The molecule has 1 unspecified atom stereocenters. The fraction of sp³-hybridized carbons (Fsp3) is 0.357. The number of esters is 1. The molecule has 8 heteroatoms. The van der Waals surface area contributed by atoms with Crippen molar-refractivity contribution in [3.05, 3.63) is 35.6 Å². The molecule has 0 fully saturated rings. The number of aromatic nitrogens is 3. The molecule has 0 aliphatic heterocycles. The van der Waals surface area contributed by atoms with Crippen LogP contribution in [0.15, 0.2) is 23.0 Å². The van der Waals surface area contributed by atoms with E-state index in [4.69, 9.17) is 9.26 Å². The first-order valence-electron chi connectivity index (χ1n) is 6.73. The Kier molecular flexibility index (Phi) is 4.82. The Labute approximate surface area is 126 Å². The lowest BCUT2D eigenvalue weighted by molar-refractivity contribution is -0.124. The lowest BCUT2D eigenvalue weighted by Crippen LogP contribution is -2.32. The molecule has 0 radical (unpaired) electrons. The topological polar surface area (TPSA) is 107 Å². The summed E-state index contributed by atoms with van der Waals surface area (Å²) < 4.78 is 10.0. The highest BCUT2D eigenvalue weighted by Gasteiger charge is 2.23. The van der Waals surface area contributed by atoms with Crippen molar-refractivity contribution in [3.63, 3.8) is 0 Å². The number of nitrogens with zero attached hydrogens (tertiary/aromatic N) is 3. The zero-order valence-electron chi connectivity index (χ0n) is 12.5. The highest BCUT2D eigenvalue weighted by atomic mass is 16.5. The van der Waals surface area contributed by atoms with E-state index in [1.54, 1.807) is 26.8 Å². The number of nitrogens with one attached hydrogen (secondary N) is 1. The van der Waals surface area contributed by atoms with E-state index in [1.165, 1.54) is 12.4 Å². The minimum Gasteiger partial charge on any atom is -0.447 e. The molecule has 1 atom stereocenters. The van der Waals surface area contributed by atoms with E-state index in [9.17, 15) is 9.59 Å². The van der Waals surface area contributed by atoms with E-state index in [0.717, 1.165) is 0 Å². The zero-order valence-corrected chi connectivity index (χ0v) is 12.5. The monoisotopic (exact) mass is 304 g/mol. The summed E-state index contributed by atoms with van der Waals surface area (Å²) in [6.07, 6.45) is 2.12. The molecule has 0 saturated heterocycles. The van der Waals surface area contributed by atoms with Gasteiger partial charge in [0.15, 0.2) is 17.6 Å². The van der Waals surface area contributed by atoms with Crippen molar-refractivity contribution in [1.82, 2.24) is 15.1 Å². The van der Waals surface area contributed by atoms with Crippen molar-refractivity contribution in [1.29, 1.82) is 0 Å². The lowest BCUT2D eigenvalue weighted by atomic mass is 10.2. The third-order valence-corrected chi connectivity index (χ3v) is 2.78. The Hall–Kier alpha value is -2.77. The van der Waals surface area contributed by atoms with Crippen molar-refractivity contribution in [2.24, 2.45) is 0 Å². The summed E-state index contributed by atoms with van der Waals surface area (Å²) in [4.78, 5) is 31.9. The van der Waals surface area contributed by atoms with Crippen molar-refractivity contribution < 1.29 is 18.8 Å². The first-order chi connectivity index (χ1) is 10.5. The van der Waals surface area contributed by atoms with E-state index >= 15 is 0 Å². The second kappa shape index (κ2) is 6.79. The van der Waals surface area contributed by atoms with Gasteiger partial charge in [-0.1, -0.05) is 12.1 Å². The maximum absolute atomic E-state index is 12.1. The largest absolute Gasteiger partial charge is 0.447 e. The van der Waals surface area contributed by atoms with Crippen LogP contribution in [0.2, 0.25) is 0 Å². The van der Waals surface area contributed by atoms with Gasteiger partial charge >= 0.3 is 5.97 Å². The van der Waals surface area contributed by atoms with Gasteiger partial charge in [-0.25, -0.2) is 9.78 Å². The predicted octanol–water partition coefficient (Wildman–Crippen LogP) is 1.66.